The zero-order valence-corrected chi connectivity index (χ0v) is 10.8. The Labute approximate surface area is 102 Å². The number of likely N-dealkylation sites (N-methyl/N-ethyl adjacent to an activating group) is 1. The SMILES string of the molecule is CC(C(N)=NO)N(C)Cc1ccn(C(C)C)n1. The number of aromatic nitrogens is 2. The average Bonchev–Trinajstić information content (AvgIpc) is 2.75. The fourth-order valence-electron chi connectivity index (χ4n) is 1.45. The fourth-order valence-corrected chi connectivity index (χ4v) is 1.45. The van der Waals surface area contributed by atoms with Crippen LogP contribution in [0.1, 0.15) is 32.5 Å². The Kier molecular flexibility index (Phi) is 4.51. The second kappa shape index (κ2) is 5.67. The molecule has 96 valence electrons. The molecule has 0 aromatic carbocycles. The van der Waals surface area contributed by atoms with Crippen LogP contribution < -0.4 is 5.73 Å². The number of nitrogens with zero attached hydrogens (tertiary/aromatic N) is 4. The second-order valence-electron chi connectivity index (χ2n) is 4.50. The molecule has 0 aliphatic heterocycles. The van der Waals surface area contributed by atoms with Crippen LogP contribution in [0, 0.1) is 0 Å². The molecule has 0 radical (unpaired) electrons. The summed E-state index contributed by atoms with van der Waals surface area (Å²) < 4.78 is 1.91. The van der Waals surface area contributed by atoms with E-state index in [9.17, 15) is 0 Å². The third kappa shape index (κ3) is 3.45. The molecule has 1 heterocycles. The van der Waals surface area contributed by atoms with Crippen LogP contribution >= 0.6 is 0 Å². The maximum Gasteiger partial charge on any atom is 0.156 e. The van der Waals surface area contributed by atoms with Gasteiger partial charge in [0.2, 0.25) is 0 Å². The van der Waals surface area contributed by atoms with Crippen molar-refractivity contribution in [3.63, 3.8) is 0 Å². The van der Waals surface area contributed by atoms with Crippen LogP contribution in [-0.2, 0) is 6.54 Å². The van der Waals surface area contributed by atoms with Crippen molar-refractivity contribution in [3.8, 4) is 0 Å². The van der Waals surface area contributed by atoms with Crippen molar-refractivity contribution in [1.82, 2.24) is 14.7 Å². The van der Waals surface area contributed by atoms with E-state index in [1.165, 1.54) is 0 Å². The van der Waals surface area contributed by atoms with Gasteiger partial charge in [-0.2, -0.15) is 5.10 Å². The molecular weight excluding hydrogens is 218 g/mol. The molecule has 1 unspecified atom stereocenters. The van der Waals surface area contributed by atoms with E-state index in [0.717, 1.165) is 5.69 Å². The van der Waals surface area contributed by atoms with E-state index in [0.29, 0.717) is 12.6 Å². The zero-order valence-electron chi connectivity index (χ0n) is 10.8. The van der Waals surface area contributed by atoms with Gasteiger partial charge < -0.3 is 10.9 Å². The maximum absolute atomic E-state index is 8.61. The van der Waals surface area contributed by atoms with Crippen LogP contribution in [0.4, 0.5) is 0 Å². The van der Waals surface area contributed by atoms with Crippen LogP contribution in [0.25, 0.3) is 0 Å². The monoisotopic (exact) mass is 239 g/mol. The molecule has 0 aliphatic carbocycles. The molecule has 6 heteroatoms. The van der Waals surface area contributed by atoms with Crippen LogP contribution in [0.15, 0.2) is 17.4 Å². The van der Waals surface area contributed by atoms with Gasteiger partial charge in [0.05, 0.1) is 11.7 Å². The van der Waals surface area contributed by atoms with Crippen molar-refractivity contribution in [3.05, 3.63) is 18.0 Å². The van der Waals surface area contributed by atoms with Crippen LogP contribution in [0.5, 0.6) is 0 Å². The summed E-state index contributed by atoms with van der Waals surface area (Å²) in [5.41, 5.74) is 6.53. The van der Waals surface area contributed by atoms with Crippen LogP contribution in [-0.4, -0.2) is 38.8 Å². The van der Waals surface area contributed by atoms with Gasteiger partial charge in [0.1, 0.15) is 0 Å². The average molecular weight is 239 g/mol. The molecule has 1 rings (SSSR count). The minimum absolute atomic E-state index is 0.121. The minimum Gasteiger partial charge on any atom is -0.409 e. The first-order chi connectivity index (χ1) is 7.95. The maximum atomic E-state index is 8.61. The Morgan fingerprint density at radius 2 is 2.24 bits per heavy atom. The van der Waals surface area contributed by atoms with Gasteiger partial charge in [-0.15, -0.1) is 0 Å². The standard InChI is InChI=1S/C11H21N5O/c1-8(2)16-6-5-10(13-16)7-15(4)9(3)11(12)14-17/h5-6,8-9,17H,7H2,1-4H3,(H2,12,14). The highest BCUT2D eigenvalue weighted by atomic mass is 16.4. The van der Waals surface area contributed by atoms with Gasteiger partial charge in [-0.3, -0.25) is 9.58 Å². The molecule has 0 aliphatic rings. The lowest BCUT2D eigenvalue weighted by molar-refractivity contribution is 0.276. The Hall–Kier alpha value is -1.56. The fraction of sp³-hybridized carbons (Fsp3) is 0.636. The molecule has 6 nitrogen and oxygen atoms in total. The molecule has 0 spiro atoms. The summed E-state index contributed by atoms with van der Waals surface area (Å²) in [6.07, 6.45) is 1.96. The first-order valence-electron chi connectivity index (χ1n) is 5.67. The second-order valence-corrected chi connectivity index (χ2v) is 4.50. The van der Waals surface area contributed by atoms with E-state index in [1.807, 2.05) is 35.8 Å². The largest absolute Gasteiger partial charge is 0.409 e. The highest BCUT2D eigenvalue weighted by Gasteiger charge is 2.15. The lowest BCUT2D eigenvalue weighted by atomic mass is 10.2. The lowest BCUT2D eigenvalue weighted by Gasteiger charge is -2.22. The molecule has 0 amide bonds. The van der Waals surface area contributed by atoms with Crippen molar-refractivity contribution in [1.29, 1.82) is 0 Å². The van der Waals surface area contributed by atoms with Crippen molar-refractivity contribution in [2.75, 3.05) is 7.05 Å². The minimum atomic E-state index is -0.121. The topological polar surface area (TPSA) is 79.7 Å². The number of rotatable bonds is 5. The van der Waals surface area contributed by atoms with Gasteiger partial charge in [-0.25, -0.2) is 0 Å². The predicted molar refractivity (Wildman–Crippen MR) is 66.9 cm³/mol. The summed E-state index contributed by atoms with van der Waals surface area (Å²) in [5.74, 6) is 0.204. The third-order valence-electron chi connectivity index (χ3n) is 2.81. The van der Waals surface area contributed by atoms with Crippen molar-refractivity contribution < 1.29 is 5.21 Å². The first-order valence-corrected chi connectivity index (χ1v) is 5.67. The van der Waals surface area contributed by atoms with Gasteiger partial charge in [0.15, 0.2) is 5.84 Å². The summed E-state index contributed by atoms with van der Waals surface area (Å²) in [5, 5.41) is 16.1. The quantitative estimate of drug-likeness (QED) is 0.348. The molecule has 0 saturated heterocycles. The van der Waals surface area contributed by atoms with E-state index in [2.05, 4.69) is 24.1 Å². The number of amidine groups is 1. The van der Waals surface area contributed by atoms with Gasteiger partial charge >= 0.3 is 0 Å². The van der Waals surface area contributed by atoms with Crippen molar-refractivity contribution in [2.24, 2.45) is 10.9 Å². The molecule has 0 saturated carbocycles. The van der Waals surface area contributed by atoms with Crippen LogP contribution in [0.3, 0.4) is 0 Å². The van der Waals surface area contributed by atoms with Gasteiger partial charge in [0, 0.05) is 18.8 Å². The molecule has 1 atom stereocenters. The van der Waals surface area contributed by atoms with Gasteiger partial charge in [-0.05, 0) is 33.9 Å². The molecular formula is C11H21N5O. The summed E-state index contributed by atoms with van der Waals surface area (Å²) in [7, 11) is 1.91. The Balaban J connectivity index is 2.64. The molecule has 0 bridgehead atoms. The molecule has 3 N–H and O–H groups in total. The number of hydrogen-bond donors (Lipinski definition) is 2. The first kappa shape index (κ1) is 13.5. The summed E-state index contributed by atoms with van der Waals surface area (Å²) in [6, 6.07) is 2.22. The van der Waals surface area contributed by atoms with Crippen LogP contribution in [0.2, 0.25) is 0 Å². The number of nitrogens with two attached hydrogens (primary N) is 1. The molecule has 17 heavy (non-hydrogen) atoms. The van der Waals surface area contributed by atoms with E-state index < -0.39 is 0 Å². The Bertz CT molecular complexity index is 385. The van der Waals surface area contributed by atoms with Crippen molar-refractivity contribution >= 4 is 5.84 Å². The van der Waals surface area contributed by atoms with E-state index in [4.69, 9.17) is 10.9 Å². The lowest BCUT2D eigenvalue weighted by Crippen LogP contribution is -2.40. The van der Waals surface area contributed by atoms with Gasteiger partial charge in [-0.1, -0.05) is 5.16 Å². The third-order valence-corrected chi connectivity index (χ3v) is 2.81. The summed E-state index contributed by atoms with van der Waals surface area (Å²) in [4.78, 5) is 1.97. The van der Waals surface area contributed by atoms with E-state index >= 15 is 0 Å². The number of oxime groups is 1. The molecule has 1 aromatic heterocycles. The summed E-state index contributed by atoms with van der Waals surface area (Å²) in [6.45, 7) is 6.71. The molecule has 0 fully saturated rings. The smallest absolute Gasteiger partial charge is 0.156 e. The van der Waals surface area contributed by atoms with Gasteiger partial charge in [0.25, 0.3) is 0 Å². The van der Waals surface area contributed by atoms with E-state index in [1.54, 1.807) is 0 Å². The highest BCUT2D eigenvalue weighted by molar-refractivity contribution is 5.84. The normalized spacial score (nSPS) is 14.6. The Morgan fingerprint density at radius 1 is 1.59 bits per heavy atom. The number of hydrogen-bond acceptors (Lipinski definition) is 4. The highest BCUT2D eigenvalue weighted by Crippen LogP contribution is 2.07. The Morgan fingerprint density at radius 3 is 2.71 bits per heavy atom. The molecule has 1 aromatic rings. The van der Waals surface area contributed by atoms with Crippen molar-refractivity contribution in [2.45, 2.75) is 39.4 Å². The zero-order chi connectivity index (χ0) is 13.0. The predicted octanol–water partition coefficient (Wildman–Crippen LogP) is 1.03. The summed E-state index contributed by atoms with van der Waals surface area (Å²) >= 11 is 0. The van der Waals surface area contributed by atoms with E-state index in [-0.39, 0.29) is 11.9 Å².